The molecule has 0 N–H and O–H groups in total. The van der Waals surface area contributed by atoms with Gasteiger partial charge in [-0.05, 0) is 74.9 Å². The summed E-state index contributed by atoms with van der Waals surface area (Å²) in [5.41, 5.74) is 5.04. The highest BCUT2D eigenvalue weighted by atomic mass is 16.5. The lowest BCUT2D eigenvalue weighted by molar-refractivity contribution is 0.302. The summed E-state index contributed by atoms with van der Waals surface area (Å²) in [4.78, 5) is 5.03. The van der Waals surface area contributed by atoms with Crippen LogP contribution in [0.3, 0.4) is 0 Å². The molecule has 3 aromatic rings. The van der Waals surface area contributed by atoms with Gasteiger partial charge < -0.3 is 9.30 Å². The van der Waals surface area contributed by atoms with Crippen molar-refractivity contribution in [1.29, 1.82) is 0 Å². The van der Waals surface area contributed by atoms with Gasteiger partial charge in [0.2, 0.25) is 0 Å². The van der Waals surface area contributed by atoms with Crippen molar-refractivity contribution in [2.45, 2.75) is 71.3 Å². The molecule has 3 heteroatoms. The molecule has 0 saturated heterocycles. The highest BCUT2D eigenvalue weighted by molar-refractivity contribution is 5.76. The molecule has 0 amide bonds. The summed E-state index contributed by atoms with van der Waals surface area (Å²) in [5.74, 6) is 2.93. The highest BCUT2D eigenvalue weighted by Crippen LogP contribution is 2.34. The van der Waals surface area contributed by atoms with Crippen LogP contribution in [0.4, 0.5) is 0 Å². The maximum Gasteiger partial charge on any atom is 0.119 e. The summed E-state index contributed by atoms with van der Waals surface area (Å²) < 4.78 is 8.46. The van der Waals surface area contributed by atoms with E-state index in [0.29, 0.717) is 5.92 Å². The Kier molecular flexibility index (Phi) is 5.99. The standard InChI is InChI=1S/C25H32N2O/c1-19-14-15-22(18-20(19)2)28-17-9-8-16-27-24-13-7-6-12-23(24)26-25(27)21-10-4-3-5-11-21/h6-7,12-15,18,21H,3-5,8-11,16-17H2,1-2H3. The molecule has 1 fully saturated rings. The van der Waals surface area contributed by atoms with E-state index >= 15 is 0 Å². The first-order valence-corrected chi connectivity index (χ1v) is 10.9. The van der Waals surface area contributed by atoms with E-state index in [2.05, 4.69) is 60.9 Å². The van der Waals surface area contributed by atoms with Crippen LogP contribution in [0.15, 0.2) is 42.5 Å². The number of imidazole rings is 1. The third-order valence-corrected chi connectivity index (χ3v) is 6.18. The van der Waals surface area contributed by atoms with Crippen molar-refractivity contribution < 1.29 is 4.74 Å². The topological polar surface area (TPSA) is 27.1 Å². The van der Waals surface area contributed by atoms with E-state index in [1.807, 2.05) is 0 Å². The largest absolute Gasteiger partial charge is 0.494 e. The lowest BCUT2D eigenvalue weighted by atomic mass is 9.88. The first kappa shape index (κ1) is 19.0. The number of hydrogen-bond acceptors (Lipinski definition) is 2. The van der Waals surface area contributed by atoms with Crippen molar-refractivity contribution in [2.75, 3.05) is 6.61 Å². The van der Waals surface area contributed by atoms with Crippen LogP contribution in [0, 0.1) is 13.8 Å². The van der Waals surface area contributed by atoms with Crippen molar-refractivity contribution >= 4 is 11.0 Å². The Hall–Kier alpha value is -2.29. The molecule has 28 heavy (non-hydrogen) atoms. The molecule has 2 aromatic carbocycles. The van der Waals surface area contributed by atoms with Gasteiger partial charge in [-0.25, -0.2) is 4.98 Å². The number of aromatic nitrogens is 2. The maximum atomic E-state index is 5.97. The van der Waals surface area contributed by atoms with Crippen molar-refractivity contribution in [3.05, 3.63) is 59.4 Å². The predicted octanol–water partition coefficient (Wildman–Crippen LogP) is 6.56. The average molecular weight is 377 g/mol. The Bertz CT molecular complexity index is 921. The maximum absolute atomic E-state index is 5.97. The van der Waals surface area contributed by atoms with Crippen LogP contribution in [-0.2, 0) is 6.54 Å². The van der Waals surface area contributed by atoms with Crippen LogP contribution in [0.25, 0.3) is 11.0 Å². The van der Waals surface area contributed by atoms with Gasteiger partial charge in [-0.1, -0.05) is 37.5 Å². The molecule has 1 heterocycles. The molecular formula is C25H32N2O. The van der Waals surface area contributed by atoms with Gasteiger partial charge >= 0.3 is 0 Å². The number of benzene rings is 2. The molecular weight excluding hydrogens is 344 g/mol. The Morgan fingerprint density at radius 3 is 2.61 bits per heavy atom. The van der Waals surface area contributed by atoms with Crippen molar-refractivity contribution in [2.24, 2.45) is 0 Å². The smallest absolute Gasteiger partial charge is 0.119 e. The molecule has 0 radical (unpaired) electrons. The minimum Gasteiger partial charge on any atom is -0.494 e. The Morgan fingerprint density at radius 1 is 0.964 bits per heavy atom. The van der Waals surface area contributed by atoms with Gasteiger partial charge in [-0.2, -0.15) is 0 Å². The van der Waals surface area contributed by atoms with E-state index in [9.17, 15) is 0 Å². The van der Waals surface area contributed by atoms with Gasteiger partial charge in [0.1, 0.15) is 11.6 Å². The second-order valence-corrected chi connectivity index (χ2v) is 8.25. The number of unbranched alkanes of at least 4 members (excludes halogenated alkanes) is 1. The summed E-state index contributed by atoms with van der Waals surface area (Å²) in [5, 5.41) is 0. The van der Waals surface area contributed by atoms with Gasteiger partial charge in [-0.3, -0.25) is 0 Å². The van der Waals surface area contributed by atoms with Gasteiger partial charge in [0.05, 0.1) is 17.6 Å². The molecule has 0 atom stereocenters. The second kappa shape index (κ2) is 8.81. The van der Waals surface area contributed by atoms with Gasteiger partial charge in [0.25, 0.3) is 0 Å². The number of para-hydroxylation sites is 2. The quantitative estimate of drug-likeness (QED) is 0.437. The molecule has 0 aliphatic heterocycles. The van der Waals surface area contributed by atoms with Gasteiger partial charge in [-0.15, -0.1) is 0 Å². The fourth-order valence-electron chi connectivity index (χ4n) is 4.37. The summed E-state index contributed by atoms with van der Waals surface area (Å²) in [6, 6.07) is 15.0. The Labute approximate surface area is 168 Å². The highest BCUT2D eigenvalue weighted by Gasteiger charge is 2.22. The number of fused-ring (bicyclic) bond motifs is 1. The normalized spacial score (nSPS) is 15.2. The third kappa shape index (κ3) is 4.24. The molecule has 0 bridgehead atoms. The first-order chi connectivity index (χ1) is 13.7. The zero-order chi connectivity index (χ0) is 19.3. The van der Waals surface area contributed by atoms with Crippen LogP contribution in [0.5, 0.6) is 5.75 Å². The molecule has 1 aromatic heterocycles. The van der Waals surface area contributed by atoms with E-state index in [1.54, 1.807) is 0 Å². The van der Waals surface area contributed by atoms with E-state index in [1.165, 1.54) is 54.6 Å². The monoisotopic (exact) mass is 376 g/mol. The molecule has 1 saturated carbocycles. The number of aryl methyl sites for hydroxylation is 3. The van der Waals surface area contributed by atoms with Crippen molar-refractivity contribution in [1.82, 2.24) is 9.55 Å². The van der Waals surface area contributed by atoms with Gasteiger partial charge in [0.15, 0.2) is 0 Å². The minimum atomic E-state index is 0.632. The lowest BCUT2D eigenvalue weighted by Gasteiger charge is -2.22. The molecule has 1 aliphatic carbocycles. The predicted molar refractivity (Wildman–Crippen MR) is 116 cm³/mol. The fourth-order valence-corrected chi connectivity index (χ4v) is 4.37. The Morgan fingerprint density at radius 2 is 1.79 bits per heavy atom. The van der Waals surface area contributed by atoms with Crippen molar-refractivity contribution in [3.63, 3.8) is 0 Å². The number of ether oxygens (including phenoxy) is 1. The van der Waals surface area contributed by atoms with Crippen LogP contribution in [0.2, 0.25) is 0 Å². The SMILES string of the molecule is Cc1ccc(OCCCCn2c(C3CCCCC3)nc3ccccc32)cc1C. The zero-order valence-corrected chi connectivity index (χ0v) is 17.3. The molecule has 0 unspecified atom stereocenters. The van der Waals surface area contributed by atoms with E-state index < -0.39 is 0 Å². The third-order valence-electron chi connectivity index (χ3n) is 6.18. The number of nitrogens with zero attached hydrogens (tertiary/aromatic N) is 2. The number of rotatable bonds is 7. The van der Waals surface area contributed by atoms with Crippen LogP contribution in [0.1, 0.15) is 67.8 Å². The van der Waals surface area contributed by atoms with E-state index in [-0.39, 0.29) is 0 Å². The molecule has 0 spiro atoms. The molecule has 148 valence electrons. The molecule has 4 rings (SSSR count). The fraction of sp³-hybridized carbons (Fsp3) is 0.480. The summed E-state index contributed by atoms with van der Waals surface area (Å²) in [6.07, 6.45) is 8.83. The summed E-state index contributed by atoms with van der Waals surface area (Å²) in [6.45, 7) is 6.08. The minimum absolute atomic E-state index is 0.632. The van der Waals surface area contributed by atoms with Crippen molar-refractivity contribution in [3.8, 4) is 5.75 Å². The van der Waals surface area contributed by atoms with E-state index in [0.717, 1.165) is 37.3 Å². The van der Waals surface area contributed by atoms with Crippen LogP contribution < -0.4 is 4.74 Å². The zero-order valence-electron chi connectivity index (χ0n) is 17.3. The lowest BCUT2D eigenvalue weighted by Crippen LogP contribution is -2.13. The molecule has 1 aliphatic rings. The van der Waals surface area contributed by atoms with Gasteiger partial charge in [0, 0.05) is 12.5 Å². The Balaban J connectivity index is 1.39. The molecule has 3 nitrogen and oxygen atoms in total. The first-order valence-electron chi connectivity index (χ1n) is 10.9. The van der Waals surface area contributed by atoms with Crippen LogP contribution >= 0.6 is 0 Å². The summed E-state index contributed by atoms with van der Waals surface area (Å²) in [7, 11) is 0. The van der Waals surface area contributed by atoms with Crippen LogP contribution in [-0.4, -0.2) is 16.2 Å². The van der Waals surface area contributed by atoms with E-state index in [4.69, 9.17) is 9.72 Å². The summed E-state index contributed by atoms with van der Waals surface area (Å²) >= 11 is 0. The number of hydrogen-bond donors (Lipinski definition) is 0. The second-order valence-electron chi connectivity index (χ2n) is 8.25. The average Bonchev–Trinajstić information content (AvgIpc) is 3.10.